The molecule has 20 heavy (non-hydrogen) atoms. The van der Waals surface area contributed by atoms with Crippen molar-refractivity contribution in [2.75, 3.05) is 12.8 Å². The molecule has 0 radical (unpaired) electrons. The molecular formula is C14H16BrN3O2. The molecule has 0 atom stereocenters. The predicted octanol–water partition coefficient (Wildman–Crippen LogP) is 2.63. The van der Waals surface area contributed by atoms with Gasteiger partial charge in [-0.3, -0.25) is 0 Å². The standard InChI is InChI=1S/C14H16BrN3O2/c1-3-11-17-12(14(19)20-2)13(16)18(11)8-9-4-6-10(15)7-5-9/h4-7H,3,8,16H2,1-2H3. The third-order valence-electron chi connectivity index (χ3n) is 3.03. The summed E-state index contributed by atoms with van der Waals surface area (Å²) in [6, 6.07) is 7.94. The summed E-state index contributed by atoms with van der Waals surface area (Å²) in [5, 5.41) is 0. The Bertz CT molecular complexity index is 620. The van der Waals surface area contributed by atoms with Crippen LogP contribution in [0.2, 0.25) is 0 Å². The minimum Gasteiger partial charge on any atom is -0.464 e. The van der Waals surface area contributed by atoms with Crippen LogP contribution < -0.4 is 5.73 Å². The number of aryl methyl sites for hydroxylation is 1. The van der Waals surface area contributed by atoms with Crippen molar-refractivity contribution in [1.82, 2.24) is 9.55 Å². The number of nitrogens with two attached hydrogens (primary N) is 1. The van der Waals surface area contributed by atoms with Gasteiger partial charge < -0.3 is 15.0 Å². The number of imidazole rings is 1. The summed E-state index contributed by atoms with van der Waals surface area (Å²) in [5.74, 6) is 0.606. The van der Waals surface area contributed by atoms with Crippen molar-refractivity contribution in [3.63, 3.8) is 0 Å². The summed E-state index contributed by atoms with van der Waals surface area (Å²) >= 11 is 3.40. The van der Waals surface area contributed by atoms with E-state index in [1.165, 1.54) is 7.11 Å². The molecule has 0 fully saturated rings. The second kappa shape index (κ2) is 6.09. The number of ether oxygens (including phenoxy) is 1. The van der Waals surface area contributed by atoms with Crippen LogP contribution in [0.5, 0.6) is 0 Å². The number of hydrogen-bond acceptors (Lipinski definition) is 4. The minimum absolute atomic E-state index is 0.182. The maximum atomic E-state index is 11.6. The molecule has 6 heteroatoms. The van der Waals surface area contributed by atoms with E-state index >= 15 is 0 Å². The van der Waals surface area contributed by atoms with Crippen LogP contribution in [-0.4, -0.2) is 22.6 Å². The lowest BCUT2D eigenvalue weighted by atomic mass is 10.2. The highest BCUT2D eigenvalue weighted by atomic mass is 79.9. The molecule has 0 aliphatic carbocycles. The van der Waals surface area contributed by atoms with Gasteiger partial charge >= 0.3 is 5.97 Å². The molecule has 2 rings (SSSR count). The fourth-order valence-corrected chi connectivity index (χ4v) is 2.24. The van der Waals surface area contributed by atoms with Crippen LogP contribution in [-0.2, 0) is 17.7 Å². The van der Waals surface area contributed by atoms with E-state index in [-0.39, 0.29) is 5.69 Å². The summed E-state index contributed by atoms with van der Waals surface area (Å²) < 4.78 is 7.56. The zero-order valence-electron chi connectivity index (χ0n) is 11.4. The number of methoxy groups -OCH3 is 1. The highest BCUT2D eigenvalue weighted by Gasteiger charge is 2.20. The number of aromatic nitrogens is 2. The average Bonchev–Trinajstić information content (AvgIpc) is 2.77. The quantitative estimate of drug-likeness (QED) is 0.870. The van der Waals surface area contributed by atoms with Gasteiger partial charge in [0.25, 0.3) is 0 Å². The number of esters is 1. The molecule has 0 aliphatic heterocycles. The maximum Gasteiger partial charge on any atom is 0.360 e. The van der Waals surface area contributed by atoms with Gasteiger partial charge in [0.1, 0.15) is 11.6 Å². The van der Waals surface area contributed by atoms with E-state index in [0.717, 1.165) is 15.9 Å². The van der Waals surface area contributed by atoms with E-state index in [9.17, 15) is 4.79 Å². The molecule has 2 N–H and O–H groups in total. The molecule has 0 amide bonds. The Kier molecular flexibility index (Phi) is 4.44. The molecule has 1 heterocycles. The van der Waals surface area contributed by atoms with Crippen molar-refractivity contribution in [1.29, 1.82) is 0 Å². The fourth-order valence-electron chi connectivity index (χ4n) is 1.98. The maximum absolute atomic E-state index is 11.6. The molecular weight excluding hydrogens is 322 g/mol. The van der Waals surface area contributed by atoms with Crippen LogP contribution in [0.25, 0.3) is 0 Å². The number of nitrogens with zero attached hydrogens (tertiary/aromatic N) is 2. The van der Waals surface area contributed by atoms with Crippen LogP contribution in [0.1, 0.15) is 28.8 Å². The lowest BCUT2D eigenvalue weighted by Crippen LogP contribution is -2.10. The number of halogens is 1. The normalized spacial score (nSPS) is 10.6. The lowest BCUT2D eigenvalue weighted by molar-refractivity contribution is 0.0595. The van der Waals surface area contributed by atoms with Gasteiger partial charge in [-0.05, 0) is 17.7 Å². The van der Waals surface area contributed by atoms with Crippen molar-refractivity contribution < 1.29 is 9.53 Å². The van der Waals surface area contributed by atoms with Gasteiger partial charge in [0.2, 0.25) is 0 Å². The Morgan fingerprint density at radius 2 is 2.05 bits per heavy atom. The number of anilines is 1. The Labute approximate surface area is 125 Å². The van der Waals surface area contributed by atoms with Gasteiger partial charge in [0, 0.05) is 10.9 Å². The number of nitrogen functional groups attached to an aromatic ring is 1. The van der Waals surface area contributed by atoms with Crippen LogP contribution in [0.3, 0.4) is 0 Å². The van der Waals surface area contributed by atoms with Crippen LogP contribution >= 0.6 is 15.9 Å². The Balaban J connectivity index is 2.37. The summed E-state index contributed by atoms with van der Waals surface area (Å²) in [4.78, 5) is 15.9. The van der Waals surface area contributed by atoms with Crippen molar-refractivity contribution in [2.45, 2.75) is 19.9 Å². The predicted molar refractivity (Wildman–Crippen MR) is 80.6 cm³/mol. The van der Waals surface area contributed by atoms with Gasteiger partial charge in [-0.25, -0.2) is 9.78 Å². The average molecular weight is 338 g/mol. The zero-order chi connectivity index (χ0) is 14.7. The van der Waals surface area contributed by atoms with Crippen molar-refractivity contribution >= 4 is 27.7 Å². The van der Waals surface area contributed by atoms with Crippen LogP contribution in [0, 0.1) is 0 Å². The molecule has 2 aromatic rings. The summed E-state index contributed by atoms with van der Waals surface area (Å²) in [7, 11) is 1.32. The van der Waals surface area contributed by atoms with E-state index in [1.807, 2.05) is 35.8 Å². The number of carbonyl (C=O) groups excluding carboxylic acids is 1. The highest BCUT2D eigenvalue weighted by molar-refractivity contribution is 9.10. The molecule has 106 valence electrons. The molecule has 0 spiro atoms. The summed E-state index contributed by atoms with van der Waals surface area (Å²) in [6.07, 6.45) is 0.692. The summed E-state index contributed by atoms with van der Waals surface area (Å²) in [5.41, 5.74) is 7.29. The number of rotatable bonds is 4. The largest absolute Gasteiger partial charge is 0.464 e. The number of carbonyl (C=O) groups is 1. The van der Waals surface area contributed by atoms with Gasteiger partial charge in [0.15, 0.2) is 5.69 Å². The lowest BCUT2D eigenvalue weighted by Gasteiger charge is -2.09. The molecule has 1 aromatic carbocycles. The van der Waals surface area contributed by atoms with Crippen molar-refractivity contribution in [3.8, 4) is 0 Å². The first-order chi connectivity index (χ1) is 9.56. The highest BCUT2D eigenvalue weighted by Crippen LogP contribution is 2.19. The second-order valence-corrected chi connectivity index (χ2v) is 5.24. The zero-order valence-corrected chi connectivity index (χ0v) is 13.0. The minimum atomic E-state index is -0.508. The van der Waals surface area contributed by atoms with Gasteiger partial charge in [0.05, 0.1) is 13.7 Å². The van der Waals surface area contributed by atoms with Gasteiger partial charge in [-0.1, -0.05) is 35.0 Å². The first-order valence-corrected chi connectivity index (χ1v) is 7.03. The van der Waals surface area contributed by atoms with Gasteiger partial charge in [-0.15, -0.1) is 0 Å². The molecule has 5 nitrogen and oxygen atoms in total. The first-order valence-electron chi connectivity index (χ1n) is 6.24. The number of benzene rings is 1. The molecule has 0 aliphatic rings. The van der Waals surface area contributed by atoms with Crippen LogP contribution in [0.15, 0.2) is 28.7 Å². The van der Waals surface area contributed by atoms with E-state index in [2.05, 4.69) is 20.9 Å². The SMILES string of the molecule is CCc1nc(C(=O)OC)c(N)n1Cc1ccc(Br)cc1. The molecule has 0 saturated carbocycles. The Hall–Kier alpha value is -1.82. The molecule has 1 aromatic heterocycles. The van der Waals surface area contributed by atoms with Crippen LogP contribution in [0.4, 0.5) is 5.82 Å². The fraction of sp³-hybridized carbons (Fsp3) is 0.286. The van der Waals surface area contributed by atoms with Gasteiger partial charge in [-0.2, -0.15) is 0 Å². The Morgan fingerprint density at radius 3 is 2.60 bits per heavy atom. The molecule has 0 bridgehead atoms. The number of hydrogen-bond donors (Lipinski definition) is 1. The summed E-state index contributed by atoms with van der Waals surface area (Å²) in [6.45, 7) is 2.55. The molecule has 0 unspecified atom stereocenters. The monoisotopic (exact) mass is 337 g/mol. The van der Waals surface area contributed by atoms with Crippen molar-refractivity contribution in [3.05, 3.63) is 45.8 Å². The smallest absolute Gasteiger partial charge is 0.360 e. The third-order valence-corrected chi connectivity index (χ3v) is 3.56. The topological polar surface area (TPSA) is 70.1 Å². The van der Waals surface area contributed by atoms with Crippen molar-refractivity contribution in [2.24, 2.45) is 0 Å². The van der Waals surface area contributed by atoms with E-state index in [4.69, 9.17) is 10.5 Å². The first kappa shape index (κ1) is 14.6. The van der Waals surface area contributed by atoms with E-state index < -0.39 is 5.97 Å². The molecule has 0 saturated heterocycles. The third kappa shape index (κ3) is 2.85. The second-order valence-electron chi connectivity index (χ2n) is 4.32. The van der Waals surface area contributed by atoms with E-state index in [1.54, 1.807) is 0 Å². The van der Waals surface area contributed by atoms with E-state index in [0.29, 0.717) is 18.8 Å². The Morgan fingerprint density at radius 1 is 1.40 bits per heavy atom.